The Labute approximate surface area is 95.6 Å². The van der Waals surface area contributed by atoms with Crippen molar-refractivity contribution in [3.8, 4) is 0 Å². The third-order valence-electron chi connectivity index (χ3n) is 3.20. The summed E-state index contributed by atoms with van der Waals surface area (Å²) in [5.41, 5.74) is 1.54. The number of hydrogen-bond acceptors (Lipinski definition) is 1. The monoisotopic (exact) mass is 212 g/mol. The Morgan fingerprint density at radius 2 is 1.80 bits per heavy atom. The van der Waals surface area contributed by atoms with Gasteiger partial charge in [0.05, 0.1) is 6.10 Å². The van der Waals surface area contributed by atoms with Gasteiger partial charge < -0.3 is 5.11 Å². The molecular formula is C14H28O. The van der Waals surface area contributed by atoms with Crippen LogP contribution in [0.4, 0.5) is 0 Å². The van der Waals surface area contributed by atoms with Crippen LogP contribution in [0.15, 0.2) is 11.6 Å². The van der Waals surface area contributed by atoms with Crippen LogP contribution in [-0.2, 0) is 0 Å². The molecule has 0 heterocycles. The maximum Gasteiger partial charge on any atom is 0.0563 e. The van der Waals surface area contributed by atoms with Gasteiger partial charge in [0.25, 0.3) is 0 Å². The van der Waals surface area contributed by atoms with Crippen molar-refractivity contribution >= 4 is 0 Å². The highest BCUT2D eigenvalue weighted by Gasteiger charge is 2.11. The van der Waals surface area contributed by atoms with E-state index in [-0.39, 0.29) is 6.10 Å². The fourth-order valence-electron chi connectivity index (χ4n) is 1.80. The van der Waals surface area contributed by atoms with E-state index >= 15 is 0 Å². The molecule has 0 radical (unpaired) electrons. The summed E-state index contributed by atoms with van der Waals surface area (Å²) < 4.78 is 0. The Balaban J connectivity index is 3.79. The van der Waals surface area contributed by atoms with Crippen molar-refractivity contribution in [2.75, 3.05) is 0 Å². The van der Waals surface area contributed by atoms with E-state index < -0.39 is 0 Å². The predicted molar refractivity (Wildman–Crippen MR) is 67.9 cm³/mol. The molecule has 90 valence electrons. The zero-order valence-corrected chi connectivity index (χ0v) is 11.1. The maximum atomic E-state index is 9.71. The fraction of sp³-hybridized carbons (Fsp3) is 0.857. The van der Waals surface area contributed by atoms with Gasteiger partial charge in [0.15, 0.2) is 0 Å². The van der Waals surface area contributed by atoms with E-state index in [9.17, 15) is 5.11 Å². The van der Waals surface area contributed by atoms with Crippen LogP contribution in [0, 0.1) is 11.8 Å². The Morgan fingerprint density at radius 1 is 1.20 bits per heavy atom. The average molecular weight is 212 g/mol. The molecule has 1 N–H and O–H groups in total. The van der Waals surface area contributed by atoms with Crippen molar-refractivity contribution in [2.24, 2.45) is 11.8 Å². The van der Waals surface area contributed by atoms with Gasteiger partial charge in [-0.15, -0.1) is 0 Å². The zero-order valence-electron chi connectivity index (χ0n) is 11.1. The van der Waals surface area contributed by atoms with Crippen molar-refractivity contribution < 1.29 is 5.11 Å². The minimum absolute atomic E-state index is 0.122. The molecule has 0 fully saturated rings. The number of allylic oxidation sites excluding steroid dienone is 2. The van der Waals surface area contributed by atoms with E-state index in [2.05, 4.69) is 40.7 Å². The molecule has 2 atom stereocenters. The predicted octanol–water partition coefficient (Wildman–Crippen LogP) is 4.17. The first kappa shape index (κ1) is 14.7. The Bertz CT molecular complexity index is 182. The molecule has 0 aromatic rings. The molecular weight excluding hydrogens is 184 g/mol. The molecule has 0 spiro atoms. The summed E-state index contributed by atoms with van der Waals surface area (Å²) in [4.78, 5) is 0. The maximum absolute atomic E-state index is 9.71. The highest BCUT2D eigenvalue weighted by atomic mass is 16.3. The van der Waals surface area contributed by atoms with Crippen molar-refractivity contribution in [1.82, 2.24) is 0 Å². The van der Waals surface area contributed by atoms with Crippen molar-refractivity contribution in [3.63, 3.8) is 0 Å². The normalized spacial score (nSPS) is 16.9. The van der Waals surface area contributed by atoms with Gasteiger partial charge in [0.2, 0.25) is 0 Å². The van der Waals surface area contributed by atoms with Crippen molar-refractivity contribution in [3.05, 3.63) is 11.6 Å². The highest BCUT2D eigenvalue weighted by molar-refractivity contribution is 4.99. The van der Waals surface area contributed by atoms with Gasteiger partial charge in [-0.2, -0.15) is 0 Å². The number of aliphatic hydroxyl groups excluding tert-OH is 1. The Kier molecular flexibility index (Phi) is 7.76. The standard InChI is InChI=1S/C14H28O/c1-6-13(7-2)10-12(5)8-9-14(15)11(3)4/h6,11-12,14-15H,7-10H2,1-5H3/b13-6-. The molecule has 0 rings (SSSR count). The second-order valence-corrected chi connectivity index (χ2v) is 5.00. The molecule has 0 saturated heterocycles. The molecule has 0 bridgehead atoms. The van der Waals surface area contributed by atoms with Gasteiger partial charge in [0.1, 0.15) is 0 Å². The second-order valence-electron chi connectivity index (χ2n) is 5.00. The molecule has 0 aliphatic carbocycles. The van der Waals surface area contributed by atoms with Crippen LogP contribution in [0.1, 0.15) is 60.3 Å². The molecule has 0 amide bonds. The lowest BCUT2D eigenvalue weighted by Crippen LogP contribution is -2.15. The first-order valence-electron chi connectivity index (χ1n) is 6.33. The van der Waals surface area contributed by atoms with Gasteiger partial charge in [-0.3, -0.25) is 0 Å². The summed E-state index contributed by atoms with van der Waals surface area (Å²) in [5.74, 6) is 1.09. The third-order valence-corrected chi connectivity index (χ3v) is 3.20. The third kappa shape index (κ3) is 6.72. The smallest absolute Gasteiger partial charge is 0.0563 e. The van der Waals surface area contributed by atoms with Crippen molar-refractivity contribution in [2.45, 2.75) is 66.4 Å². The lowest BCUT2D eigenvalue weighted by molar-refractivity contribution is 0.109. The van der Waals surface area contributed by atoms with E-state index in [1.165, 1.54) is 6.42 Å². The molecule has 0 aliphatic heterocycles. The van der Waals surface area contributed by atoms with E-state index in [1.54, 1.807) is 5.57 Å². The number of aliphatic hydroxyl groups is 1. The van der Waals surface area contributed by atoms with Gasteiger partial charge >= 0.3 is 0 Å². The van der Waals surface area contributed by atoms with Crippen LogP contribution in [0.5, 0.6) is 0 Å². The van der Waals surface area contributed by atoms with Crippen LogP contribution in [0.25, 0.3) is 0 Å². The minimum atomic E-state index is -0.122. The molecule has 1 nitrogen and oxygen atoms in total. The van der Waals surface area contributed by atoms with E-state index in [0.717, 1.165) is 19.3 Å². The van der Waals surface area contributed by atoms with Crippen LogP contribution < -0.4 is 0 Å². The summed E-state index contributed by atoms with van der Waals surface area (Å²) >= 11 is 0. The van der Waals surface area contributed by atoms with Crippen LogP contribution in [0.3, 0.4) is 0 Å². The average Bonchev–Trinajstić information content (AvgIpc) is 2.22. The van der Waals surface area contributed by atoms with E-state index in [1.807, 2.05) is 0 Å². The van der Waals surface area contributed by atoms with Gasteiger partial charge in [-0.05, 0) is 44.4 Å². The Hall–Kier alpha value is -0.300. The summed E-state index contributed by atoms with van der Waals surface area (Å²) in [6.07, 6.45) is 6.54. The molecule has 0 saturated carbocycles. The number of hydrogen-bond donors (Lipinski definition) is 1. The molecule has 0 aliphatic rings. The molecule has 15 heavy (non-hydrogen) atoms. The van der Waals surface area contributed by atoms with Crippen molar-refractivity contribution in [1.29, 1.82) is 0 Å². The van der Waals surface area contributed by atoms with Gasteiger partial charge in [-0.25, -0.2) is 0 Å². The highest BCUT2D eigenvalue weighted by Crippen LogP contribution is 2.20. The SMILES string of the molecule is C/C=C(/CC)CC(C)CCC(O)C(C)C. The topological polar surface area (TPSA) is 20.2 Å². The summed E-state index contributed by atoms with van der Waals surface area (Å²) in [5, 5.41) is 9.71. The van der Waals surface area contributed by atoms with Crippen LogP contribution >= 0.6 is 0 Å². The largest absolute Gasteiger partial charge is 0.393 e. The van der Waals surface area contributed by atoms with E-state index in [4.69, 9.17) is 0 Å². The number of rotatable bonds is 7. The molecule has 0 aromatic heterocycles. The van der Waals surface area contributed by atoms with Gasteiger partial charge in [0, 0.05) is 0 Å². The zero-order chi connectivity index (χ0) is 11.8. The quantitative estimate of drug-likeness (QED) is 0.628. The fourth-order valence-corrected chi connectivity index (χ4v) is 1.80. The molecule has 2 unspecified atom stereocenters. The minimum Gasteiger partial charge on any atom is -0.393 e. The van der Waals surface area contributed by atoms with Gasteiger partial charge in [-0.1, -0.05) is 39.3 Å². The first-order chi connectivity index (χ1) is 7.01. The summed E-state index contributed by atoms with van der Waals surface area (Å²) in [6.45, 7) is 10.8. The molecule has 0 aromatic carbocycles. The summed E-state index contributed by atoms with van der Waals surface area (Å²) in [7, 11) is 0. The van der Waals surface area contributed by atoms with E-state index in [0.29, 0.717) is 11.8 Å². The van der Waals surface area contributed by atoms with Crippen LogP contribution in [0.2, 0.25) is 0 Å². The first-order valence-corrected chi connectivity index (χ1v) is 6.33. The van der Waals surface area contributed by atoms with Crippen LogP contribution in [-0.4, -0.2) is 11.2 Å². The lowest BCUT2D eigenvalue weighted by Gasteiger charge is -2.18. The second kappa shape index (κ2) is 7.92. The lowest BCUT2D eigenvalue weighted by atomic mass is 9.92. The summed E-state index contributed by atoms with van der Waals surface area (Å²) in [6, 6.07) is 0. The molecule has 1 heteroatoms. The Morgan fingerprint density at radius 3 is 2.20 bits per heavy atom.